The molecule has 4 nitrogen and oxygen atoms in total. The van der Waals surface area contributed by atoms with Crippen molar-refractivity contribution in [2.24, 2.45) is 11.1 Å². The number of rotatable bonds is 3. The zero-order valence-electron chi connectivity index (χ0n) is 10.2. The molecule has 1 saturated carbocycles. The number of hydrogen-bond donors (Lipinski definition) is 2. The first kappa shape index (κ1) is 12.0. The molecule has 1 aliphatic rings. The normalized spacial score (nSPS) is 18.0. The molecule has 4 heteroatoms. The Bertz CT molecular complexity index is 411. The predicted molar refractivity (Wildman–Crippen MR) is 67.6 cm³/mol. The van der Waals surface area contributed by atoms with Crippen LogP contribution in [0.15, 0.2) is 18.5 Å². The van der Waals surface area contributed by atoms with Crippen LogP contribution in [0, 0.1) is 12.3 Å². The number of aryl methyl sites for hydroxylation is 1. The van der Waals surface area contributed by atoms with E-state index in [1.54, 1.807) is 12.4 Å². The molecular weight excluding hydrogens is 214 g/mol. The molecule has 1 aliphatic carbocycles. The zero-order valence-corrected chi connectivity index (χ0v) is 10.2. The van der Waals surface area contributed by atoms with E-state index in [2.05, 4.69) is 10.3 Å². The lowest BCUT2D eigenvalue weighted by Gasteiger charge is -2.26. The van der Waals surface area contributed by atoms with E-state index < -0.39 is 0 Å². The van der Waals surface area contributed by atoms with Gasteiger partial charge in [-0.1, -0.05) is 12.8 Å². The number of aromatic nitrogens is 1. The van der Waals surface area contributed by atoms with E-state index in [0.29, 0.717) is 6.54 Å². The summed E-state index contributed by atoms with van der Waals surface area (Å²) in [5.74, 6) is 0.0496. The van der Waals surface area contributed by atoms with Crippen LogP contribution in [0.4, 0.5) is 5.69 Å². The van der Waals surface area contributed by atoms with Gasteiger partial charge in [-0.2, -0.15) is 0 Å². The van der Waals surface area contributed by atoms with Gasteiger partial charge in [0, 0.05) is 12.7 Å². The second kappa shape index (κ2) is 4.84. The molecule has 0 aliphatic heterocycles. The molecule has 1 aromatic rings. The minimum atomic E-state index is -0.359. The lowest BCUT2D eigenvalue weighted by molar-refractivity contribution is -0.124. The highest BCUT2D eigenvalue weighted by molar-refractivity contribution is 5.96. The van der Waals surface area contributed by atoms with Gasteiger partial charge in [0.25, 0.3) is 0 Å². The second-order valence-corrected chi connectivity index (χ2v) is 4.84. The van der Waals surface area contributed by atoms with Gasteiger partial charge in [-0.25, -0.2) is 0 Å². The van der Waals surface area contributed by atoms with E-state index in [9.17, 15) is 4.79 Å². The minimum absolute atomic E-state index is 0.0496. The zero-order chi connectivity index (χ0) is 12.3. The van der Waals surface area contributed by atoms with E-state index in [0.717, 1.165) is 36.9 Å². The Hall–Kier alpha value is -1.42. The summed E-state index contributed by atoms with van der Waals surface area (Å²) in [7, 11) is 0. The molecule has 1 heterocycles. The van der Waals surface area contributed by atoms with Gasteiger partial charge >= 0.3 is 0 Å². The Morgan fingerprint density at radius 1 is 1.53 bits per heavy atom. The fourth-order valence-electron chi connectivity index (χ4n) is 2.43. The third-order valence-corrected chi connectivity index (χ3v) is 3.72. The number of amides is 1. The molecule has 17 heavy (non-hydrogen) atoms. The van der Waals surface area contributed by atoms with Crippen LogP contribution in [0.3, 0.4) is 0 Å². The number of nitrogens with two attached hydrogens (primary N) is 1. The fourth-order valence-corrected chi connectivity index (χ4v) is 2.43. The van der Waals surface area contributed by atoms with Crippen LogP contribution in [-0.2, 0) is 4.79 Å². The third kappa shape index (κ3) is 2.31. The molecule has 1 amide bonds. The number of anilines is 1. The molecule has 0 spiro atoms. The Morgan fingerprint density at radius 2 is 2.24 bits per heavy atom. The van der Waals surface area contributed by atoms with Crippen LogP contribution in [0.1, 0.15) is 31.2 Å². The summed E-state index contributed by atoms with van der Waals surface area (Å²) in [5.41, 5.74) is 7.24. The van der Waals surface area contributed by atoms with Crippen molar-refractivity contribution in [3.63, 3.8) is 0 Å². The van der Waals surface area contributed by atoms with Gasteiger partial charge in [0.2, 0.25) is 5.91 Å². The molecular formula is C13H19N3O. The van der Waals surface area contributed by atoms with E-state index in [1.807, 2.05) is 13.0 Å². The standard InChI is InChI=1S/C13H19N3O/c1-10-4-7-15-8-11(10)16-12(17)13(9-14)5-2-3-6-13/h4,7-8H,2-3,5-6,9,14H2,1H3,(H,16,17). The van der Waals surface area contributed by atoms with E-state index >= 15 is 0 Å². The number of nitrogens with zero attached hydrogens (tertiary/aromatic N) is 1. The summed E-state index contributed by atoms with van der Waals surface area (Å²) < 4.78 is 0. The number of carbonyl (C=O) groups excluding carboxylic acids is 1. The number of hydrogen-bond acceptors (Lipinski definition) is 3. The third-order valence-electron chi connectivity index (χ3n) is 3.72. The molecule has 1 aromatic heterocycles. The summed E-state index contributed by atoms with van der Waals surface area (Å²) >= 11 is 0. The first-order valence-corrected chi connectivity index (χ1v) is 6.10. The Kier molecular flexibility index (Phi) is 3.43. The van der Waals surface area contributed by atoms with Crippen LogP contribution in [0.25, 0.3) is 0 Å². The summed E-state index contributed by atoms with van der Waals surface area (Å²) in [6, 6.07) is 1.89. The molecule has 3 N–H and O–H groups in total. The van der Waals surface area contributed by atoms with Gasteiger partial charge in [0.05, 0.1) is 17.3 Å². The molecule has 92 valence electrons. The molecule has 0 saturated heterocycles. The smallest absolute Gasteiger partial charge is 0.231 e. The SMILES string of the molecule is Cc1ccncc1NC(=O)C1(CN)CCCC1. The molecule has 0 atom stereocenters. The van der Waals surface area contributed by atoms with Crippen molar-refractivity contribution in [3.8, 4) is 0 Å². The first-order valence-electron chi connectivity index (χ1n) is 6.10. The van der Waals surface area contributed by atoms with E-state index in [4.69, 9.17) is 5.73 Å². The lowest BCUT2D eigenvalue weighted by Crippen LogP contribution is -2.40. The Morgan fingerprint density at radius 3 is 2.82 bits per heavy atom. The number of carbonyl (C=O) groups is 1. The minimum Gasteiger partial charge on any atom is -0.329 e. The van der Waals surface area contributed by atoms with Crippen LogP contribution < -0.4 is 11.1 Å². The van der Waals surface area contributed by atoms with Crippen LogP contribution in [0.5, 0.6) is 0 Å². The first-order chi connectivity index (χ1) is 8.18. The highest BCUT2D eigenvalue weighted by Gasteiger charge is 2.39. The molecule has 0 radical (unpaired) electrons. The number of pyridine rings is 1. The van der Waals surface area contributed by atoms with Crippen molar-refractivity contribution in [2.75, 3.05) is 11.9 Å². The highest BCUT2D eigenvalue weighted by Crippen LogP contribution is 2.38. The summed E-state index contributed by atoms with van der Waals surface area (Å²) in [6.45, 7) is 2.39. The van der Waals surface area contributed by atoms with Crippen molar-refractivity contribution in [1.29, 1.82) is 0 Å². The van der Waals surface area contributed by atoms with Gasteiger partial charge in [0.1, 0.15) is 0 Å². The predicted octanol–water partition coefficient (Wildman–Crippen LogP) is 1.85. The maximum atomic E-state index is 12.3. The maximum Gasteiger partial charge on any atom is 0.231 e. The topological polar surface area (TPSA) is 68.0 Å². The van der Waals surface area contributed by atoms with Crippen molar-refractivity contribution in [3.05, 3.63) is 24.0 Å². The van der Waals surface area contributed by atoms with E-state index in [1.165, 1.54) is 0 Å². The Balaban J connectivity index is 2.14. The average molecular weight is 233 g/mol. The summed E-state index contributed by atoms with van der Waals surface area (Å²) in [6.07, 6.45) is 7.39. The Labute approximate surface area is 102 Å². The van der Waals surface area contributed by atoms with Crippen molar-refractivity contribution < 1.29 is 4.79 Å². The summed E-state index contributed by atoms with van der Waals surface area (Å²) in [4.78, 5) is 16.3. The maximum absolute atomic E-state index is 12.3. The molecule has 0 bridgehead atoms. The number of nitrogens with one attached hydrogen (secondary N) is 1. The quantitative estimate of drug-likeness (QED) is 0.837. The highest BCUT2D eigenvalue weighted by atomic mass is 16.2. The molecule has 0 aromatic carbocycles. The molecule has 2 rings (SSSR count). The lowest BCUT2D eigenvalue weighted by atomic mass is 9.85. The van der Waals surface area contributed by atoms with Crippen LogP contribution >= 0.6 is 0 Å². The second-order valence-electron chi connectivity index (χ2n) is 4.84. The summed E-state index contributed by atoms with van der Waals surface area (Å²) in [5, 5.41) is 2.96. The van der Waals surface area contributed by atoms with Crippen LogP contribution in [-0.4, -0.2) is 17.4 Å². The van der Waals surface area contributed by atoms with Gasteiger partial charge in [-0.3, -0.25) is 9.78 Å². The monoisotopic (exact) mass is 233 g/mol. The van der Waals surface area contributed by atoms with Crippen molar-refractivity contribution >= 4 is 11.6 Å². The molecule has 0 unspecified atom stereocenters. The largest absolute Gasteiger partial charge is 0.329 e. The molecule has 1 fully saturated rings. The van der Waals surface area contributed by atoms with Crippen molar-refractivity contribution in [1.82, 2.24) is 4.98 Å². The van der Waals surface area contributed by atoms with Gasteiger partial charge in [0.15, 0.2) is 0 Å². The average Bonchev–Trinajstić information content (AvgIpc) is 2.82. The van der Waals surface area contributed by atoms with Gasteiger partial charge < -0.3 is 11.1 Å². The fraction of sp³-hybridized carbons (Fsp3) is 0.538. The van der Waals surface area contributed by atoms with Crippen LogP contribution in [0.2, 0.25) is 0 Å². The van der Waals surface area contributed by atoms with Crippen molar-refractivity contribution in [2.45, 2.75) is 32.6 Å². The van der Waals surface area contributed by atoms with Gasteiger partial charge in [-0.05, 0) is 31.4 Å². The van der Waals surface area contributed by atoms with Gasteiger partial charge in [-0.15, -0.1) is 0 Å². The van der Waals surface area contributed by atoms with E-state index in [-0.39, 0.29) is 11.3 Å².